The van der Waals surface area contributed by atoms with E-state index in [0.29, 0.717) is 18.9 Å². The minimum Gasteiger partial charge on any atom is -0.463 e. The first kappa shape index (κ1) is 14.5. The Labute approximate surface area is 108 Å². The van der Waals surface area contributed by atoms with E-state index >= 15 is 0 Å². The van der Waals surface area contributed by atoms with Crippen LogP contribution in [0.4, 0.5) is 4.79 Å². The molecule has 0 bridgehead atoms. The zero-order valence-electron chi connectivity index (χ0n) is 11.5. The lowest BCUT2D eigenvalue weighted by Crippen LogP contribution is -2.41. The van der Waals surface area contributed by atoms with Gasteiger partial charge < -0.3 is 9.47 Å². The van der Waals surface area contributed by atoms with Crippen LogP contribution in [-0.2, 0) is 14.3 Å². The molecule has 1 saturated heterocycles. The van der Waals surface area contributed by atoms with E-state index in [-0.39, 0.29) is 0 Å². The van der Waals surface area contributed by atoms with E-state index in [1.807, 2.05) is 13.8 Å². The van der Waals surface area contributed by atoms with Crippen LogP contribution in [-0.4, -0.2) is 35.7 Å². The van der Waals surface area contributed by atoms with Crippen molar-refractivity contribution >= 4 is 12.1 Å². The third kappa shape index (κ3) is 3.03. The molecule has 0 aromatic rings. The third-order valence-electron chi connectivity index (χ3n) is 2.97. The van der Waals surface area contributed by atoms with E-state index in [2.05, 4.69) is 6.92 Å². The Morgan fingerprint density at radius 1 is 1.44 bits per heavy atom. The highest BCUT2D eigenvalue weighted by atomic mass is 16.6. The van der Waals surface area contributed by atoms with Gasteiger partial charge in [0.2, 0.25) is 0 Å². The van der Waals surface area contributed by atoms with Gasteiger partial charge in [0.25, 0.3) is 0 Å². The summed E-state index contributed by atoms with van der Waals surface area (Å²) in [5, 5.41) is 0. The van der Waals surface area contributed by atoms with Crippen molar-refractivity contribution in [2.75, 3.05) is 13.2 Å². The second-order valence-electron chi connectivity index (χ2n) is 4.69. The van der Waals surface area contributed by atoms with Gasteiger partial charge in [0.05, 0.1) is 18.2 Å². The first-order valence-electron chi connectivity index (χ1n) is 6.31. The molecule has 0 saturated carbocycles. The molecule has 0 aromatic heterocycles. The van der Waals surface area contributed by atoms with Crippen molar-refractivity contribution in [3.8, 4) is 0 Å². The zero-order valence-corrected chi connectivity index (χ0v) is 11.5. The van der Waals surface area contributed by atoms with E-state index in [9.17, 15) is 9.59 Å². The molecule has 5 heteroatoms. The van der Waals surface area contributed by atoms with Crippen LogP contribution in [0, 0.1) is 0 Å². The summed E-state index contributed by atoms with van der Waals surface area (Å²) in [6.07, 6.45) is 2.76. The number of esters is 1. The maximum Gasteiger partial charge on any atom is 0.415 e. The molecular weight excluding hydrogens is 234 g/mol. The summed E-state index contributed by atoms with van der Waals surface area (Å²) in [7, 11) is 0. The second-order valence-corrected chi connectivity index (χ2v) is 4.69. The summed E-state index contributed by atoms with van der Waals surface area (Å²) >= 11 is 0. The van der Waals surface area contributed by atoms with Crippen molar-refractivity contribution in [2.24, 2.45) is 0 Å². The Hall–Kier alpha value is -1.52. The summed E-state index contributed by atoms with van der Waals surface area (Å²) in [4.78, 5) is 24.8. The molecule has 1 aliphatic heterocycles. The van der Waals surface area contributed by atoms with Gasteiger partial charge in [-0.3, -0.25) is 4.90 Å². The van der Waals surface area contributed by atoms with Gasteiger partial charge in [-0.15, -0.1) is 0 Å². The van der Waals surface area contributed by atoms with Crippen LogP contribution in [0.2, 0.25) is 0 Å². The van der Waals surface area contributed by atoms with E-state index in [4.69, 9.17) is 9.47 Å². The highest BCUT2D eigenvalue weighted by molar-refractivity contribution is 5.85. The Balaban J connectivity index is 2.84. The fraction of sp³-hybridized carbons (Fsp3) is 0.692. The van der Waals surface area contributed by atoms with Crippen LogP contribution in [0.1, 0.15) is 40.5 Å². The maximum absolute atomic E-state index is 11.8. The van der Waals surface area contributed by atoms with Crippen molar-refractivity contribution in [2.45, 2.75) is 46.1 Å². The van der Waals surface area contributed by atoms with Crippen molar-refractivity contribution in [3.05, 3.63) is 11.8 Å². The second kappa shape index (κ2) is 5.89. The van der Waals surface area contributed by atoms with E-state index in [0.717, 1.165) is 12.8 Å². The third-order valence-corrected chi connectivity index (χ3v) is 2.97. The van der Waals surface area contributed by atoms with Gasteiger partial charge >= 0.3 is 12.1 Å². The predicted molar refractivity (Wildman–Crippen MR) is 66.9 cm³/mol. The summed E-state index contributed by atoms with van der Waals surface area (Å²) in [6.45, 7) is 8.44. The van der Waals surface area contributed by atoms with Crippen molar-refractivity contribution in [1.82, 2.24) is 4.90 Å². The fourth-order valence-corrected chi connectivity index (χ4v) is 1.82. The number of nitrogens with zero attached hydrogens (tertiary/aromatic N) is 1. The summed E-state index contributed by atoms with van der Waals surface area (Å²) in [6, 6.07) is 0. The van der Waals surface area contributed by atoms with Gasteiger partial charge in [0.15, 0.2) is 0 Å². The number of carbonyl (C=O) groups excluding carboxylic acids is 2. The molecule has 1 aliphatic rings. The Kier molecular flexibility index (Phi) is 4.76. The van der Waals surface area contributed by atoms with Crippen LogP contribution in [0.15, 0.2) is 11.8 Å². The van der Waals surface area contributed by atoms with Gasteiger partial charge in [-0.05, 0) is 27.2 Å². The molecule has 102 valence electrons. The van der Waals surface area contributed by atoms with Crippen LogP contribution in [0.25, 0.3) is 0 Å². The molecule has 1 fully saturated rings. The molecule has 0 N–H and O–H groups in total. The number of carbonyl (C=O) groups is 2. The smallest absolute Gasteiger partial charge is 0.415 e. The SMILES string of the molecule is CCCCN1C(=O)O/C(=C\C(=O)OCC)C1(C)C. The van der Waals surface area contributed by atoms with E-state index < -0.39 is 17.6 Å². The lowest BCUT2D eigenvalue weighted by Gasteiger charge is -2.28. The quantitative estimate of drug-likeness (QED) is 0.559. The van der Waals surface area contributed by atoms with Gasteiger partial charge in [0, 0.05) is 6.54 Å². The summed E-state index contributed by atoms with van der Waals surface area (Å²) in [5.41, 5.74) is -0.598. The first-order valence-corrected chi connectivity index (χ1v) is 6.31. The average Bonchev–Trinajstić information content (AvgIpc) is 2.48. The fourth-order valence-electron chi connectivity index (χ4n) is 1.82. The number of hydrogen-bond acceptors (Lipinski definition) is 4. The average molecular weight is 255 g/mol. The van der Waals surface area contributed by atoms with Gasteiger partial charge in [-0.25, -0.2) is 9.59 Å². The molecule has 1 heterocycles. The molecule has 0 unspecified atom stereocenters. The van der Waals surface area contributed by atoms with Crippen LogP contribution < -0.4 is 0 Å². The Morgan fingerprint density at radius 2 is 2.11 bits per heavy atom. The van der Waals surface area contributed by atoms with Crippen molar-refractivity contribution in [3.63, 3.8) is 0 Å². The van der Waals surface area contributed by atoms with Gasteiger partial charge in [-0.1, -0.05) is 13.3 Å². The standard InChI is InChI=1S/C13H21NO4/c1-5-7-8-14-12(16)18-10(13(14,3)4)9-11(15)17-6-2/h9H,5-8H2,1-4H3/b10-9-. The van der Waals surface area contributed by atoms with Gasteiger partial charge in [0.1, 0.15) is 5.76 Å². The molecule has 0 aliphatic carbocycles. The number of rotatable bonds is 5. The first-order chi connectivity index (χ1) is 8.43. The lowest BCUT2D eigenvalue weighted by atomic mass is 10.0. The molecule has 0 spiro atoms. The minimum atomic E-state index is -0.598. The molecule has 0 atom stereocenters. The largest absolute Gasteiger partial charge is 0.463 e. The van der Waals surface area contributed by atoms with Crippen molar-refractivity contribution < 1.29 is 19.1 Å². The molecule has 1 amide bonds. The molecule has 0 aromatic carbocycles. The minimum absolute atomic E-state index is 0.302. The lowest BCUT2D eigenvalue weighted by molar-refractivity contribution is -0.137. The summed E-state index contributed by atoms with van der Waals surface area (Å²) < 4.78 is 9.97. The number of hydrogen-bond donors (Lipinski definition) is 0. The molecular formula is C13H21NO4. The molecule has 1 rings (SSSR count). The van der Waals surface area contributed by atoms with E-state index in [1.165, 1.54) is 6.08 Å². The molecule has 0 radical (unpaired) electrons. The normalized spacial score (nSPS) is 20.1. The van der Waals surface area contributed by atoms with Gasteiger partial charge in [-0.2, -0.15) is 0 Å². The van der Waals surface area contributed by atoms with Crippen molar-refractivity contribution in [1.29, 1.82) is 0 Å². The van der Waals surface area contributed by atoms with Crippen LogP contribution in [0.3, 0.4) is 0 Å². The monoisotopic (exact) mass is 255 g/mol. The van der Waals surface area contributed by atoms with Crippen LogP contribution >= 0.6 is 0 Å². The maximum atomic E-state index is 11.8. The summed E-state index contributed by atoms with van der Waals surface area (Å²) in [5.74, 6) is -0.132. The molecule has 18 heavy (non-hydrogen) atoms. The topological polar surface area (TPSA) is 55.8 Å². The number of amides is 1. The molecule has 5 nitrogen and oxygen atoms in total. The predicted octanol–water partition coefficient (Wildman–Crippen LogP) is 2.46. The Bertz CT molecular complexity index is 360. The highest BCUT2D eigenvalue weighted by Gasteiger charge is 2.44. The Morgan fingerprint density at radius 3 is 2.67 bits per heavy atom. The highest BCUT2D eigenvalue weighted by Crippen LogP contribution is 2.33. The van der Waals surface area contributed by atoms with E-state index in [1.54, 1.807) is 11.8 Å². The number of unbranched alkanes of at least 4 members (excludes halogenated alkanes) is 1. The number of cyclic esters (lactones) is 1. The van der Waals surface area contributed by atoms with Crippen LogP contribution in [0.5, 0.6) is 0 Å². The zero-order chi connectivity index (χ0) is 13.8. The number of ether oxygens (including phenoxy) is 2.